The van der Waals surface area contributed by atoms with Gasteiger partial charge < -0.3 is 10.2 Å². The van der Waals surface area contributed by atoms with Crippen LogP contribution in [0.15, 0.2) is 0 Å². The Labute approximate surface area is 209 Å². The average molecular weight is 475 g/mol. The van der Waals surface area contributed by atoms with Crippen molar-refractivity contribution in [1.29, 1.82) is 0 Å². The largest absolute Gasteiger partial charge is 0.481 e. The first-order chi connectivity index (χ1) is 15.8. The topological polar surface area (TPSA) is 57.5 Å². The fourth-order valence-electron chi connectivity index (χ4n) is 11.0. The first kappa shape index (κ1) is 26.5. The quantitative estimate of drug-likeness (QED) is 0.393. The molecule has 0 aliphatic heterocycles. The summed E-state index contributed by atoms with van der Waals surface area (Å²) in [6.45, 7) is 16.8. The molecule has 4 aliphatic rings. The summed E-state index contributed by atoms with van der Waals surface area (Å²) in [4.78, 5) is 12.4. The zero-order valence-corrected chi connectivity index (χ0v) is 23.3. The van der Waals surface area contributed by atoms with Gasteiger partial charge in [-0.2, -0.15) is 0 Å². The van der Waals surface area contributed by atoms with Crippen LogP contribution >= 0.6 is 0 Å². The van der Waals surface area contributed by atoms with Crippen LogP contribution in [0, 0.1) is 57.2 Å². The van der Waals surface area contributed by atoms with Gasteiger partial charge in [0.1, 0.15) is 0 Å². The van der Waals surface area contributed by atoms with Gasteiger partial charge in [-0.25, -0.2) is 0 Å². The molecule has 4 fully saturated rings. The molecule has 3 heteroatoms. The minimum atomic E-state index is -0.577. The predicted molar refractivity (Wildman–Crippen MR) is 139 cm³/mol. The summed E-state index contributed by atoms with van der Waals surface area (Å²) >= 11 is 0. The molecular weight excluding hydrogens is 420 g/mol. The second-order valence-electron chi connectivity index (χ2n) is 14.9. The number of hydrogen-bond donors (Lipinski definition) is 2. The number of hydrogen-bond acceptors (Lipinski definition) is 2. The van der Waals surface area contributed by atoms with E-state index in [1.54, 1.807) is 0 Å². The highest BCUT2D eigenvalue weighted by Crippen LogP contribution is 2.75. The number of carboxylic acids is 1. The Morgan fingerprint density at radius 2 is 1.59 bits per heavy atom. The number of rotatable bonds is 7. The molecule has 0 saturated heterocycles. The summed E-state index contributed by atoms with van der Waals surface area (Å²) in [7, 11) is 0. The monoisotopic (exact) mass is 474 g/mol. The fourth-order valence-corrected chi connectivity index (χ4v) is 11.0. The van der Waals surface area contributed by atoms with Gasteiger partial charge in [-0.15, -0.1) is 0 Å². The molecule has 34 heavy (non-hydrogen) atoms. The van der Waals surface area contributed by atoms with Crippen LogP contribution in [0.2, 0.25) is 0 Å². The molecule has 196 valence electrons. The number of carbonyl (C=O) groups is 1. The lowest BCUT2D eigenvalue weighted by atomic mass is 9.37. The van der Waals surface area contributed by atoms with Crippen LogP contribution in [-0.2, 0) is 4.79 Å². The second kappa shape index (κ2) is 9.07. The summed E-state index contributed by atoms with van der Waals surface area (Å²) in [6.07, 6.45) is 13.2. The van der Waals surface area contributed by atoms with Crippen molar-refractivity contribution in [3.05, 3.63) is 0 Å². The Bertz CT molecular complexity index is 758. The highest BCUT2D eigenvalue weighted by atomic mass is 16.4. The minimum Gasteiger partial charge on any atom is -0.481 e. The molecular formula is C31H54O3. The third-order valence-corrected chi connectivity index (χ3v) is 12.7. The number of carboxylic acid groups (broad SMARTS) is 1. The molecule has 0 bridgehead atoms. The van der Waals surface area contributed by atoms with E-state index < -0.39 is 5.97 Å². The fraction of sp³-hybridized carbons (Fsp3) is 0.968. The summed E-state index contributed by atoms with van der Waals surface area (Å²) in [5.74, 6) is 3.22. The molecule has 4 saturated carbocycles. The zero-order chi connectivity index (χ0) is 25.1. The van der Waals surface area contributed by atoms with E-state index in [9.17, 15) is 15.0 Å². The summed E-state index contributed by atoms with van der Waals surface area (Å²) in [5, 5.41) is 21.1. The van der Waals surface area contributed by atoms with Crippen molar-refractivity contribution in [3.63, 3.8) is 0 Å². The molecule has 0 aromatic heterocycles. The van der Waals surface area contributed by atoms with E-state index >= 15 is 0 Å². The first-order valence-corrected chi connectivity index (χ1v) is 14.7. The number of aliphatic hydroxyl groups is 1. The number of aliphatic hydroxyl groups excluding tert-OH is 1. The van der Waals surface area contributed by atoms with E-state index in [2.05, 4.69) is 48.5 Å². The van der Waals surface area contributed by atoms with Crippen molar-refractivity contribution in [1.82, 2.24) is 0 Å². The molecule has 0 amide bonds. The van der Waals surface area contributed by atoms with Crippen molar-refractivity contribution < 1.29 is 15.0 Å². The van der Waals surface area contributed by atoms with E-state index in [0.29, 0.717) is 36.0 Å². The van der Waals surface area contributed by atoms with Crippen molar-refractivity contribution in [3.8, 4) is 0 Å². The third-order valence-electron chi connectivity index (χ3n) is 12.7. The van der Waals surface area contributed by atoms with Gasteiger partial charge >= 0.3 is 5.97 Å². The molecule has 0 heterocycles. The van der Waals surface area contributed by atoms with E-state index in [-0.39, 0.29) is 27.8 Å². The normalized spacial score (nSPS) is 46.4. The molecule has 4 rings (SSSR count). The molecule has 0 unspecified atom stereocenters. The zero-order valence-electron chi connectivity index (χ0n) is 23.3. The summed E-state index contributed by atoms with van der Waals surface area (Å²) in [6, 6.07) is 0. The smallest absolute Gasteiger partial charge is 0.303 e. The highest BCUT2D eigenvalue weighted by Gasteiger charge is 2.69. The Morgan fingerprint density at radius 3 is 2.24 bits per heavy atom. The Morgan fingerprint density at radius 1 is 0.882 bits per heavy atom. The van der Waals surface area contributed by atoms with Crippen LogP contribution in [0.4, 0.5) is 0 Å². The molecule has 0 radical (unpaired) electrons. The van der Waals surface area contributed by atoms with E-state index in [1.807, 2.05) is 0 Å². The van der Waals surface area contributed by atoms with Crippen LogP contribution in [0.25, 0.3) is 0 Å². The molecule has 2 N–H and O–H groups in total. The summed E-state index contributed by atoms with van der Waals surface area (Å²) in [5.41, 5.74) is 0.297. The number of fused-ring (bicyclic) bond motifs is 5. The maximum Gasteiger partial charge on any atom is 0.303 e. The molecule has 4 aliphatic carbocycles. The van der Waals surface area contributed by atoms with Gasteiger partial charge in [0, 0.05) is 0 Å². The lowest BCUT2D eigenvalue weighted by Gasteiger charge is -2.68. The Kier molecular flexibility index (Phi) is 7.07. The average Bonchev–Trinajstić information content (AvgIpc) is 3.03. The predicted octanol–water partition coefficient (Wildman–Crippen LogP) is 7.95. The van der Waals surface area contributed by atoms with Crippen LogP contribution in [0.5, 0.6) is 0 Å². The lowest BCUT2D eigenvalue weighted by Crippen LogP contribution is -2.62. The van der Waals surface area contributed by atoms with Gasteiger partial charge in [-0.3, -0.25) is 4.79 Å². The highest BCUT2D eigenvalue weighted by molar-refractivity contribution is 5.68. The van der Waals surface area contributed by atoms with Crippen molar-refractivity contribution >= 4 is 5.97 Å². The van der Waals surface area contributed by atoms with Gasteiger partial charge in [0.05, 0.1) is 12.5 Å². The molecule has 9 atom stereocenters. The van der Waals surface area contributed by atoms with E-state index in [1.165, 1.54) is 44.9 Å². The lowest BCUT2D eigenvalue weighted by molar-refractivity contribution is -0.208. The van der Waals surface area contributed by atoms with Crippen molar-refractivity contribution in [2.24, 2.45) is 57.2 Å². The van der Waals surface area contributed by atoms with Gasteiger partial charge in [-0.1, -0.05) is 67.7 Å². The maximum absolute atomic E-state index is 12.4. The SMILES string of the molecule is CC(C)CCC[C@@H](C)[C@H]1CC[C@@]2(CC(=O)O)[C@@H]3CC[C@H]4C(C)(C)[C@@H](O)CC[C@]4(C)[C@H]3CC[C@]12C. The third kappa shape index (κ3) is 3.90. The van der Waals surface area contributed by atoms with Crippen molar-refractivity contribution in [2.45, 2.75) is 132 Å². The number of aliphatic carboxylic acids is 1. The van der Waals surface area contributed by atoms with Crippen LogP contribution in [-0.4, -0.2) is 22.3 Å². The van der Waals surface area contributed by atoms with Crippen LogP contribution < -0.4 is 0 Å². The molecule has 0 aromatic carbocycles. The molecule has 0 aromatic rings. The first-order valence-electron chi connectivity index (χ1n) is 14.7. The van der Waals surface area contributed by atoms with Gasteiger partial charge in [-0.05, 0) is 109 Å². The second-order valence-corrected chi connectivity index (χ2v) is 14.9. The van der Waals surface area contributed by atoms with Gasteiger partial charge in [0.2, 0.25) is 0 Å². The minimum absolute atomic E-state index is 0.0399. The maximum atomic E-state index is 12.4. The summed E-state index contributed by atoms with van der Waals surface area (Å²) < 4.78 is 0. The van der Waals surface area contributed by atoms with E-state index in [4.69, 9.17) is 0 Å². The van der Waals surface area contributed by atoms with Gasteiger partial charge in [0.15, 0.2) is 0 Å². The van der Waals surface area contributed by atoms with Crippen LogP contribution in [0.3, 0.4) is 0 Å². The Balaban J connectivity index is 1.65. The van der Waals surface area contributed by atoms with E-state index in [0.717, 1.165) is 31.6 Å². The molecule has 0 spiro atoms. The molecule has 3 nitrogen and oxygen atoms in total. The van der Waals surface area contributed by atoms with Crippen molar-refractivity contribution in [2.75, 3.05) is 0 Å². The van der Waals surface area contributed by atoms with Crippen LogP contribution in [0.1, 0.15) is 126 Å². The standard InChI is InChI=1S/C31H54O3/c1-20(2)9-8-10-21(3)22-14-18-31(19-27(33)34)24-11-12-25-28(4,5)26(32)15-16-29(25,6)23(24)13-17-30(22,31)7/h20-26,32H,8-19H2,1-7H3,(H,33,34)/t21-,22-,23+,24-,25+,26+,29-,30-,31-/m1/s1. The Hall–Kier alpha value is -0.570. The van der Waals surface area contributed by atoms with Gasteiger partial charge in [0.25, 0.3) is 0 Å².